The second-order valence-corrected chi connectivity index (χ2v) is 4.67. The lowest BCUT2D eigenvalue weighted by molar-refractivity contribution is 0.00228. The van der Waals surface area contributed by atoms with E-state index in [0.717, 1.165) is 18.6 Å². The number of nitrogens with two attached hydrogens (primary N) is 1. The van der Waals surface area contributed by atoms with Crippen molar-refractivity contribution in [2.45, 2.75) is 38.2 Å². The predicted octanol–water partition coefficient (Wildman–Crippen LogP) is 2.43. The molecule has 0 heterocycles. The molecule has 3 N–H and O–H groups in total. The second-order valence-electron chi connectivity index (χ2n) is 4.67. The van der Waals surface area contributed by atoms with Gasteiger partial charge in [0.25, 0.3) is 0 Å². The summed E-state index contributed by atoms with van der Waals surface area (Å²) in [5.74, 6) is 0. The van der Waals surface area contributed by atoms with E-state index in [2.05, 4.69) is 6.92 Å². The van der Waals surface area contributed by atoms with Crippen LogP contribution in [0, 0.1) is 0 Å². The molecule has 1 rings (SSSR count). The van der Waals surface area contributed by atoms with Crippen molar-refractivity contribution in [3.63, 3.8) is 0 Å². The van der Waals surface area contributed by atoms with Gasteiger partial charge < -0.3 is 15.6 Å². The lowest BCUT2D eigenvalue weighted by Gasteiger charge is -2.27. The van der Waals surface area contributed by atoms with E-state index >= 15 is 0 Å². The first-order valence-electron chi connectivity index (χ1n) is 6.78. The summed E-state index contributed by atoms with van der Waals surface area (Å²) in [7, 11) is 0. The molecule has 18 heavy (non-hydrogen) atoms. The molecule has 0 aliphatic rings. The van der Waals surface area contributed by atoms with Crippen molar-refractivity contribution in [1.82, 2.24) is 0 Å². The van der Waals surface area contributed by atoms with Crippen LogP contribution in [0.5, 0.6) is 0 Å². The van der Waals surface area contributed by atoms with Crippen LogP contribution >= 0.6 is 0 Å². The van der Waals surface area contributed by atoms with Crippen molar-refractivity contribution in [2.75, 3.05) is 19.8 Å². The van der Waals surface area contributed by atoms with E-state index in [1.165, 1.54) is 12.8 Å². The smallest absolute Gasteiger partial charge is 0.104 e. The number of rotatable bonds is 9. The first-order chi connectivity index (χ1) is 8.73. The average molecular weight is 251 g/mol. The topological polar surface area (TPSA) is 55.5 Å². The van der Waals surface area contributed by atoms with Gasteiger partial charge in [-0.15, -0.1) is 0 Å². The molecule has 0 aliphatic carbocycles. The fourth-order valence-corrected chi connectivity index (χ4v) is 1.91. The highest BCUT2D eigenvalue weighted by Gasteiger charge is 2.26. The number of hydrogen-bond acceptors (Lipinski definition) is 3. The van der Waals surface area contributed by atoms with Gasteiger partial charge in [0.15, 0.2) is 0 Å². The number of aliphatic hydroxyl groups is 1. The van der Waals surface area contributed by atoms with Crippen molar-refractivity contribution in [3.05, 3.63) is 35.9 Å². The average Bonchev–Trinajstić information content (AvgIpc) is 2.43. The maximum Gasteiger partial charge on any atom is 0.104 e. The molecule has 0 spiro atoms. The molecule has 1 unspecified atom stereocenters. The maximum absolute atomic E-state index is 10.5. The Bertz CT molecular complexity index is 316. The summed E-state index contributed by atoms with van der Waals surface area (Å²) in [4.78, 5) is 0. The fraction of sp³-hybridized carbons (Fsp3) is 0.600. The Hall–Kier alpha value is -0.900. The normalized spacial score (nSPS) is 14.4. The van der Waals surface area contributed by atoms with E-state index in [-0.39, 0.29) is 6.54 Å². The Kier molecular flexibility index (Phi) is 6.94. The third kappa shape index (κ3) is 4.77. The fourth-order valence-electron chi connectivity index (χ4n) is 1.91. The first-order valence-corrected chi connectivity index (χ1v) is 6.78. The Morgan fingerprint density at radius 3 is 2.50 bits per heavy atom. The molecule has 102 valence electrons. The minimum atomic E-state index is -0.966. The lowest BCUT2D eigenvalue weighted by atomic mass is 9.91. The van der Waals surface area contributed by atoms with Gasteiger partial charge >= 0.3 is 0 Å². The zero-order chi connectivity index (χ0) is 13.3. The van der Waals surface area contributed by atoms with Gasteiger partial charge in [-0.1, -0.05) is 50.1 Å². The molecule has 3 heteroatoms. The van der Waals surface area contributed by atoms with Gasteiger partial charge in [-0.2, -0.15) is 0 Å². The molecule has 1 aromatic rings. The molecule has 0 saturated heterocycles. The van der Waals surface area contributed by atoms with Gasteiger partial charge in [-0.05, 0) is 12.0 Å². The van der Waals surface area contributed by atoms with Crippen LogP contribution < -0.4 is 5.73 Å². The van der Waals surface area contributed by atoms with E-state index in [9.17, 15) is 5.11 Å². The first kappa shape index (κ1) is 15.2. The Labute approximate surface area is 110 Å². The molecule has 1 aromatic carbocycles. The molecule has 1 atom stereocenters. The second kappa shape index (κ2) is 8.25. The lowest BCUT2D eigenvalue weighted by Crippen LogP contribution is -2.36. The molecule has 0 amide bonds. The third-order valence-electron chi connectivity index (χ3n) is 3.20. The van der Waals surface area contributed by atoms with Gasteiger partial charge in [-0.25, -0.2) is 0 Å². The molecule has 0 saturated carbocycles. The van der Waals surface area contributed by atoms with E-state index in [4.69, 9.17) is 10.5 Å². The van der Waals surface area contributed by atoms with Crippen LogP contribution in [0.2, 0.25) is 0 Å². The Balaban J connectivity index is 2.37. The molecular weight excluding hydrogens is 226 g/mol. The maximum atomic E-state index is 10.5. The van der Waals surface area contributed by atoms with Gasteiger partial charge in [0, 0.05) is 26.2 Å². The van der Waals surface area contributed by atoms with E-state index in [1.54, 1.807) is 0 Å². The minimum Gasteiger partial charge on any atom is -0.384 e. The van der Waals surface area contributed by atoms with Crippen LogP contribution in [0.1, 0.15) is 38.2 Å². The van der Waals surface area contributed by atoms with Crippen molar-refractivity contribution in [1.29, 1.82) is 0 Å². The molecule has 0 radical (unpaired) electrons. The molecule has 3 nitrogen and oxygen atoms in total. The van der Waals surface area contributed by atoms with E-state index < -0.39 is 5.60 Å². The van der Waals surface area contributed by atoms with Gasteiger partial charge in [0.2, 0.25) is 0 Å². The van der Waals surface area contributed by atoms with Crippen molar-refractivity contribution < 1.29 is 9.84 Å². The van der Waals surface area contributed by atoms with Gasteiger partial charge in [-0.3, -0.25) is 0 Å². The highest BCUT2D eigenvalue weighted by atomic mass is 16.5. The summed E-state index contributed by atoms with van der Waals surface area (Å²) in [6, 6.07) is 9.58. The molecule has 0 aromatic heterocycles. The monoisotopic (exact) mass is 251 g/mol. The van der Waals surface area contributed by atoms with Crippen molar-refractivity contribution in [2.24, 2.45) is 5.73 Å². The molecule has 0 aliphatic heterocycles. The molecule has 0 bridgehead atoms. The van der Waals surface area contributed by atoms with Crippen LogP contribution in [-0.4, -0.2) is 24.9 Å². The zero-order valence-electron chi connectivity index (χ0n) is 11.3. The summed E-state index contributed by atoms with van der Waals surface area (Å²) in [6.07, 6.45) is 4.02. The van der Waals surface area contributed by atoms with Gasteiger partial charge in [0.05, 0.1) is 0 Å². The summed E-state index contributed by atoms with van der Waals surface area (Å²) in [5, 5.41) is 10.5. The zero-order valence-corrected chi connectivity index (χ0v) is 11.3. The largest absolute Gasteiger partial charge is 0.384 e. The van der Waals surface area contributed by atoms with Gasteiger partial charge in [0.1, 0.15) is 5.60 Å². The van der Waals surface area contributed by atoms with Crippen LogP contribution in [0.25, 0.3) is 0 Å². The van der Waals surface area contributed by atoms with E-state index in [0.29, 0.717) is 13.0 Å². The van der Waals surface area contributed by atoms with Crippen molar-refractivity contribution in [3.8, 4) is 0 Å². The summed E-state index contributed by atoms with van der Waals surface area (Å²) in [6.45, 7) is 3.70. The van der Waals surface area contributed by atoms with Crippen molar-refractivity contribution >= 4 is 0 Å². The van der Waals surface area contributed by atoms with E-state index in [1.807, 2.05) is 30.3 Å². The Morgan fingerprint density at radius 2 is 1.89 bits per heavy atom. The highest BCUT2D eigenvalue weighted by molar-refractivity contribution is 5.22. The quantitative estimate of drug-likeness (QED) is 0.663. The predicted molar refractivity (Wildman–Crippen MR) is 74.4 cm³/mol. The number of benzene rings is 1. The summed E-state index contributed by atoms with van der Waals surface area (Å²) >= 11 is 0. The van der Waals surface area contributed by atoms with Crippen LogP contribution in [-0.2, 0) is 10.3 Å². The third-order valence-corrected chi connectivity index (χ3v) is 3.20. The number of ether oxygens (including phenoxy) is 1. The Morgan fingerprint density at radius 1 is 1.17 bits per heavy atom. The molecular formula is C15H25NO2. The van der Waals surface area contributed by atoms with Crippen LogP contribution in [0.4, 0.5) is 0 Å². The van der Waals surface area contributed by atoms with Crippen LogP contribution in [0.15, 0.2) is 30.3 Å². The SMILES string of the molecule is CCCCCOCCC(O)(CN)c1ccccc1. The highest BCUT2D eigenvalue weighted by Crippen LogP contribution is 2.23. The number of unbranched alkanes of at least 4 members (excludes halogenated alkanes) is 2. The standard InChI is InChI=1S/C15H25NO2/c1-2-3-7-11-18-12-10-15(17,13-16)14-8-5-4-6-9-14/h4-6,8-9,17H,2-3,7,10-13,16H2,1H3. The van der Waals surface area contributed by atoms with Crippen LogP contribution in [0.3, 0.4) is 0 Å². The minimum absolute atomic E-state index is 0.218. The molecule has 0 fully saturated rings. The summed E-state index contributed by atoms with van der Waals surface area (Å²) in [5.41, 5.74) is 5.60. The number of hydrogen-bond donors (Lipinski definition) is 2. The summed E-state index contributed by atoms with van der Waals surface area (Å²) < 4.78 is 5.54.